The number of aliphatic carboxylic acids is 1. The SMILES string of the molecule is Cc1nc2c(OC3=CC(=O)N(C(CC(C)C)C(=O)O)C3)cccc2o1. The van der Waals surface area contributed by atoms with E-state index in [4.69, 9.17) is 9.15 Å². The predicted molar refractivity (Wildman–Crippen MR) is 90.0 cm³/mol. The highest BCUT2D eigenvalue weighted by Crippen LogP contribution is 2.29. The lowest BCUT2D eigenvalue weighted by Gasteiger charge is -2.25. The van der Waals surface area contributed by atoms with E-state index in [0.717, 1.165) is 0 Å². The number of oxazole rings is 1. The fraction of sp³-hybridized carbons (Fsp3) is 0.389. The number of carbonyl (C=O) groups excluding carboxylic acids is 1. The van der Waals surface area contributed by atoms with Gasteiger partial charge in [-0.1, -0.05) is 19.9 Å². The summed E-state index contributed by atoms with van der Waals surface area (Å²) in [6, 6.07) is 4.43. The van der Waals surface area contributed by atoms with Crippen LogP contribution < -0.4 is 4.74 Å². The second kappa shape index (κ2) is 6.58. The fourth-order valence-electron chi connectivity index (χ4n) is 2.90. The molecule has 25 heavy (non-hydrogen) atoms. The van der Waals surface area contributed by atoms with Crippen LogP contribution in [0.1, 0.15) is 26.2 Å². The summed E-state index contributed by atoms with van der Waals surface area (Å²) in [6.45, 7) is 5.72. The molecule has 1 atom stereocenters. The highest BCUT2D eigenvalue weighted by atomic mass is 16.5. The third kappa shape index (κ3) is 3.50. The minimum absolute atomic E-state index is 0.121. The van der Waals surface area contributed by atoms with Crippen molar-refractivity contribution in [2.24, 2.45) is 5.92 Å². The lowest BCUT2D eigenvalue weighted by atomic mass is 10.0. The van der Waals surface area contributed by atoms with Crippen molar-refractivity contribution in [2.45, 2.75) is 33.2 Å². The topological polar surface area (TPSA) is 92.9 Å². The monoisotopic (exact) mass is 344 g/mol. The molecule has 7 nitrogen and oxygen atoms in total. The Morgan fingerprint density at radius 2 is 2.20 bits per heavy atom. The maximum absolute atomic E-state index is 12.2. The summed E-state index contributed by atoms with van der Waals surface area (Å²) in [6.07, 6.45) is 1.72. The van der Waals surface area contributed by atoms with E-state index in [1.165, 1.54) is 11.0 Å². The Bertz CT molecular complexity index is 852. The summed E-state index contributed by atoms with van der Waals surface area (Å²) < 4.78 is 11.3. The van der Waals surface area contributed by atoms with Crippen molar-refractivity contribution in [3.05, 3.63) is 35.9 Å². The second-order valence-electron chi connectivity index (χ2n) is 6.50. The Balaban J connectivity index is 1.79. The van der Waals surface area contributed by atoms with Crippen LogP contribution in [0, 0.1) is 12.8 Å². The number of carboxylic acids is 1. The number of nitrogens with zero attached hydrogens (tertiary/aromatic N) is 2. The zero-order valence-electron chi connectivity index (χ0n) is 14.4. The van der Waals surface area contributed by atoms with Gasteiger partial charge in [-0.2, -0.15) is 0 Å². The van der Waals surface area contributed by atoms with E-state index in [0.29, 0.717) is 34.9 Å². The molecule has 1 N–H and O–H groups in total. The Morgan fingerprint density at radius 1 is 1.44 bits per heavy atom. The number of rotatable bonds is 6. The van der Waals surface area contributed by atoms with Crippen molar-refractivity contribution in [2.75, 3.05) is 6.54 Å². The van der Waals surface area contributed by atoms with Crippen molar-refractivity contribution in [3.63, 3.8) is 0 Å². The maximum atomic E-state index is 12.2. The minimum Gasteiger partial charge on any atom is -0.480 e. The van der Waals surface area contributed by atoms with Gasteiger partial charge in [-0.25, -0.2) is 9.78 Å². The first-order valence-electron chi connectivity index (χ1n) is 8.13. The summed E-state index contributed by atoms with van der Waals surface area (Å²) in [7, 11) is 0. The van der Waals surface area contributed by atoms with Crippen LogP contribution >= 0.6 is 0 Å². The van der Waals surface area contributed by atoms with Crippen molar-refractivity contribution in [3.8, 4) is 5.75 Å². The largest absolute Gasteiger partial charge is 0.480 e. The Labute approximate surface area is 144 Å². The molecule has 2 aromatic rings. The molecule has 132 valence electrons. The van der Waals surface area contributed by atoms with Crippen LogP contribution in [0.4, 0.5) is 0 Å². The summed E-state index contributed by atoms with van der Waals surface area (Å²) in [5, 5.41) is 9.44. The molecule has 0 spiro atoms. The van der Waals surface area contributed by atoms with E-state index in [2.05, 4.69) is 4.98 Å². The van der Waals surface area contributed by atoms with Gasteiger partial charge in [0.15, 0.2) is 22.7 Å². The predicted octanol–water partition coefficient (Wildman–Crippen LogP) is 2.74. The van der Waals surface area contributed by atoms with Crippen LogP contribution in [0.2, 0.25) is 0 Å². The van der Waals surface area contributed by atoms with Crippen molar-refractivity contribution >= 4 is 23.0 Å². The molecular weight excluding hydrogens is 324 g/mol. The molecule has 0 saturated carbocycles. The molecule has 0 saturated heterocycles. The smallest absolute Gasteiger partial charge is 0.326 e. The third-order valence-corrected chi connectivity index (χ3v) is 3.98. The molecule has 1 aliphatic rings. The second-order valence-corrected chi connectivity index (χ2v) is 6.50. The van der Waals surface area contributed by atoms with E-state index >= 15 is 0 Å². The summed E-state index contributed by atoms with van der Waals surface area (Å²) in [5.74, 6) is 0.189. The summed E-state index contributed by atoms with van der Waals surface area (Å²) in [5.41, 5.74) is 1.17. The van der Waals surface area contributed by atoms with E-state index in [1.54, 1.807) is 25.1 Å². The molecule has 0 fully saturated rings. The van der Waals surface area contributed by atoms with Gasteiger partial charge in [0.2, 0.25) is 0 Å². The molecule has 1 aliphatic heterocycles. The number of para-hydroxylation sites is 1. The first kappa shape index (κ1) is 17.0. The van der Waals surface area contributed by atoms with E-state index in [-0.39, 0.29) is 18.4 Å². The van der Waals surface area contributed by atoms with E-state index < -0.39 is 12.0 Å². The minimum atomic E-state index is -1.01. The molecule has 1 amide bonds. The first-order chi connectivity index (χ1) is 11.8. The Kier molecular flexibility index (Phi) is 4.48. The number of aromatic nitrogens is 1. The molecule has 0 radical (unpaired) electrons. The molecule has 1 unspecified atom stereocenters. The number of carbonyl (C=O) groups is 2. The number of aryl methyl sites for hydroxylation is 1. The lowest BCUT2D eigenvalue weighted by Crippen LogP contribution is -2.43. The van der Waals surface area contributed by atoms with Crippen molar-refractivity contribution in [1.82, 2.24) is 9.88 Å². The van der Waals surface area contributed by atoms with E-state index in [9.17, 15) is 14.7 Å². The van der Waals surface area contributed by atoms with Crippen LogP contribution in [-0.2, 0) is 9.59 Å². The molecule has 1 aromatic heterocycles. The highest BCUT2D eigenvalue weighted by Gasteiger charge is 2.34. The van der Waals surface area contributed by atoms with Gasteiger partial charge >= 0.3 is 5.97 Å². The quantitative estimate of drug-likeness (QED) is 0.866. The summed E-state index contributed by atoms with van der Waals surface area (Å²) >= 11 is 0. The van der Waals surface area contributed by atoms with Gasteiger partial charge in [-0.15, -0.1) is 0 Å². The number of amides is 1. The van der Waals surface area contributed by atoms with Crippen LogP contribution in [0.3, 0.4) is 0 Å². The number of fused-ring (bicyclic) bond motifs is 1. The highest BCUT2D eigenvalue weighted by molar-refractivity contribution is 5.94. The normalized spacial score (nSPS) is 15.8. The van der Waals surface area contributed by atoms with Gasteiger partial charge in [0.25, 0.3) is 5.91 Å². The standard InChI is InChI=1S/C18H20N2O5/c1-10(2)7-13(18(22)23)20-9-12(8-16(20)21)25-15-6-4-5-14-17(15)19-11(3)24-14/h4-6,8,10,13H,7,9H2,1-3H3,(H,22,23). The molecule has 1 aromatic carbocycles. The van der Waals surface area contributed by atoms with Gasteiger partial charge < -0.3 is 19.2 Å². The van der Waals surface area contributed by atoms with Gasteiger partial charge in [-0.05, 0) is 24.5 Å². The van der Waals surface area contributed by atoms with Crippen LogP contribution in [0.25, 0.3) is 11.1 Å². The average molecular weight is 344 g/mol. The van der Waals surface area contributed by atoms with Crippen molar-refractivity contribution in [1.29, 1.82) is 0 Å². The average Bonchev–Trinajstić information content (AvgIpc) is 3.07. The van der Waals surface area contributed by atoms with Crippen molar-refractivity contribution < 1.29 is 23.8 Å². The zero-order valence-corrected chi connectivity index (χ0v) is 14.4. The zero-order chi connectivity index (χ0) is 18.1. The maximum Gasteiger partial charge on any atom is 0.326 e. The number of hydrogen-bond donors (Lipinski definition) is 1. The number of benzene rings is 1. The molecule has 2 heterocycles. The van der Waals surface area contributed by atoms with Gasteiger partial charge in [0.1, 0.15) is 11.8 Å². The molecule has 7 heteroatoms. The van der Waals surface area contributed by atoms with Gasteiger partial charge in [-0.3, -0.25) is 4.79 Å². The Morgan fingerprint density at radius 3 is 2.88 bits per heavy atom. The molecule has 0 aliphatic carbocycles. The fourth-order valence-corrected chi connectivity index (χ4v) is 2.90. The van der Waals surface area contributed by atoms with Gasteiger partial charge in [0.05, 0.1) is 6.54 Å². The number of carboxylic acid groups (broad SMARTS) is 1. The molecular formula is C18H20N2O5. The third-order valence-electron chi connectivity index (χ3n) is 3.98. The van der Waals surface area contributed by atoms with Crippen LogP contribution in [-0.4, -0.2) is 39.5 Å². The van der Waals surface area contributed by atoms with Crippen LogP contribution in [0.15, 0.2) is 34.5 Å². The van der Waals surface area contributed by atoms with E-state index in [1.807, 2.05) is 13.8 Å². The Hall–Kier alpha value is -2.83. The molecule has 0 bridgehead atoms. The number of hydrogen-bond acceptors (Lipinski definition) is 5. The first-order valence-corrected chi connectivity index (χ1v) is 8.13. The molecule has 3 rings (SSSR count). The van der Waals surface area contributed by atoms with Crippen LogP contribution in [0.5, 0.6) is 5.75 Å². The van der Waals surface area contributed by atoms with Gasteiger partial charge in [0, 0.05) is 13.0 Å². The summed E-state index contributed by atoms with van der Waals surface area (Å²) in [4.78, 5) is 29.4. The number of ether oxygens (including phenoxy) is 1. The lowest BCUT2D eigenvalue weighted by molar-refractivity contribution is -0.148.